The van der Waals surface area contributed by atoms with Crippen molar-refractivity contribution in [3.63, 3.8) is 0 Å². The summed E-state index contributed by atoms with van der Waals surface area (Å²) in [5, 5.41) is 4.19. The second kappa shape index (κ2) is 12.1. The first-order valence-electron chi connectivity index (χ1n) is 6.97. The van der Waals surface area contributed by atoms with Crippen molar-refractivity contribution in [1.29, 1.82) is 0 Å². The van der Waals surface area contributed by atoms with Gasteiger partial charge in [0.05, 0.1) is 0 Å². The fraction of sp³-hybridized carbons (Fsp3) is 0. The molecule has 0 fully saturated rings. The predicted molar refractivity (Wildman–Crippen MR) is 106 cm³/mol. The van der Waals surface area contributed by atoms with Crippen molar-refractivity contribution in [2.24, 2.45) is 0 Å². The Morgan fingerprint density at radius 1 is 0.500 bits per heavy atom. The minimum absolute atomic E-state index is 0. The number of halogens is 3. The molecular formula is C19H15AuCl3P. The standard InChI is InChI=1S/C18H15P.CCl3.Au/c1-4-10-16(11-5-1)19(17-12-6-2-7-13-17)18-14-8-3-9-15-18;2-1(3)4;/h1-15H;;/q;-1;+1. The molecule has 0 saturated heterocycles. The topological polar surface area (TPSA) is 0 Å². The van der Waals surface area contributed by atoms with E-state index in [0.29, 0.717) is 0 Å². The zero-order valence-corrected chi connectivity index (χ0v) is 17.9. The van der Waals surface area contributed by atoms with Crippen LogP contribution >= 0.6 is 42.7 Å². The molecule has 0 aliphatic rings. The normalized spacial score (nSPS) is 9.88. The average molecular weight is 578 g/mol. The minimum Gasteiger partial charge on any atom is -0.312 e. The van der Waals surface area contributed by atoms with Crippen LogP contribution in [0.5, 0.6) is 0 Å². The summed E-state index contributed by atoms with van der Waals surface area (Å²) in [6.45, 7) is 0. The van der Waals surface area contributed by atoms with Gasteiger partial charge < -0.3 is 34.8 Å². The maximum absolute atomic E-state index is 4.72. The van der Waals surface area contributed by atoms with Crippen molar-refractivity contribution in [3.05, 3.63) is 95.3 Å². The van der Waals surface area contributed by atoms with Crippen molar-refractivity contribution >= 4 is 58.6 Å². The SMILES string of the molecule is Cl[C-](Cl)Cl.[Au+].c1ccc(P(c2ccccc2)c2ccccc2)cc1. The molecule has 0 nitrogen and oxygen atoms in total. The van der Waals surface area contributed by atoms with E-state index in [4.69, 9.17) is 34.8 Å². The summed E-state index contributed by atoms with van der Waals surface area (Å²) < 4.78 is -0.167. The molecule has 0 atom stereocenters. The molecule has 3 aromatic carbocycles. The number of hydrogen-bond donors (Lipinski definition) is 0. The van der Waals surface area contributed by atoms with E-state index in [1.54, 1.807) is 0 Å². The van der Waals surface area contributed by atoms with Crippen LogP contribution in [0.4, 0.5) is 0 Å². The van der Waals surface area contributed by atoms with Gasteiger partial charge in [-0.25, -0.2) is 0 Å². The second-order valence-electron chi connectivity index (χ2n) is 4.56. The molecule has 0 aromatic heterocycles. The van der Waals surface area contributed by atoms with E-state index in [2.05, 4.69) is 91.0 Å². The third-order valence-corrected chi connectivity index (χ3v) is 5.49. The summed E-state index contributed by atoms with van der Waals surface area (Å²) in [4.78, 5) is 0. The molecule has 5 heteroatoms. The van der Waals surface area contributed by atoms with Gasteiger partial charge in [0, 0.05) is 0 Å². The molecule has 3 rings (SSSR count). The fourth-order valence-corrected chi connectivity index (χ4v) is 4.48. The third kappa shape index (κ3) is 7.30. The molecule has 0 aliphatic heterocycles. The van der Waals surface area contributed by atoms with E-state index < -0.39 is 7.92 Å². The smallest absolute Gasteiger partial charge is 0.312 e. The molecule has 0 unspecified atom stereocenters. The monoisotopic (exact) mass is 576 g/mol. The van der Waals surface area contributed by atoms with E-state index in [0.717, 1.165) is 0 Å². The summed E-state index contributed by atoms with van der Waals surface area (Å²) in [6, 6.07) is 32.3. The zero-order chi connectivity index (χ0) is 16.5. The number of rotatable bonds is 3. The van der Waals surface area contributed by atoms with E-state index in [1.807, 2.05) is 0 Å². The van der Waals surface area contributed by atoms with E-state index >= 15 is 0 Å². The fourth-order valence-electron chi connectivity index (χ4n) is 2.18. The molecule has 0 N–H and O–H groups in total. The summed E-state index contributed by atoms with van der Waals surface area (Å²) in [5.41, 5.74) is 0. The Balaban J connectivity index is 0.000000522. The Kier molecular flexibility index (Phi) is 11.0. The van der Waals surface area contributed by atoms with Gasteiger partial charge in [-0.2, -0.15) is 0 Å². The van der Waals surface area contributed by atoms with Crippen molar-refractivity contribution < 1.29 is 22.4 Å². The average Bonchev–Trinajstić information content (AvgIpc) is 2.58. The van der Waals surface area contributed by atoms with Crippen LogP contribution < -0.4 is 15.9 Å². The van der Waals surface area contributed by atoms with Gasteiger partial charge in [0.15, 0.2) is 0 Å². The molecule has 3 aromatic rings. The first kappa shape index (κ1) is 21.7. The van der Waals surface area contributed by atoms with Crippen LogP contribution in [-0.4, -0.2) is 0 Å². The predicted octanol–water partition coefficient (Wildman–Crippen LogP) is 5.59. The van der Waals surface area contributed by atoms with Crippen LogP contribution in [0.2, 0.25) is 0 Å². The Labute approximate surface area is 175 Å². The number of hydrogen-bond acceptors (Lipinski definition) is 0. The molecular weight excluding hydrogens is 563 g/mol. The van der Waals surface area contributed by atoms with Crippen LogP contribution in [0.1, 0.15) is 0 Å². The minimum atomic E-state index is -0.446. The van der Waals surface area contributed by atoms with Gasteiger partial charge in [0.2, 0.25) is 0 Å². The summed E-state index contributed by atoms with van der Waals surface area (Å²) in [7, 11) is -0.446. The van der Waals surface area contributed by atoms with E-state index in [-0.39, 0.29) is 26.7 Å². The van der Waals surface area contributed by atoms with Crippen molar-refractivity contribution in [2.75, 3.05) is 0 Å². The number of benzene rings is 3. The quantitative estimate of drug-likeness (QED) is 0.216. The first-order chi connectivity index (χ1) is 11.2. The van der Waals surface area contributed by atoms with Gasteiger partial charge in [-0.05, 0) is 23.8 Å². The van der Waals surface area contributed by atoms with E-state index in [1.165, 1.54) is 15.9 Å². The summed E-state index contributed by atoms with van der Waals surface area (Å²) >= 11 is 14.2. The Bertz CT molecular complexity index is 582. The van der Waals surface area contributed by atoms with Crippen LogP contribution in [0.25, 0.3) is 0 Å². The van der Waals surface area contributed by atoms with Gasteiger partial charge >= 0.3 is 22.4 Å². The van der Waals surface area contributed by atoms with Crippen molar-refractivity contribution in [2.45, 2.75) is 0 Å². The van der Waals surface area contributed by atoms with Crippen LogP contribution in [-0.2, 0) is 22.4 Å². The van der Waals surface area contributed by atoms with Crippen LogP contribution in [0.15, 0.2) is 91.0 Å². The van der Waals surface area contributed by atoms with Crippen LogP contribution in [0.3, 0.4) is 0 Å². The van der Waals surface area contributed by atoms with Gasteiger partial charge in [-0.3, -0.25) is 0 Å². The van der Waals surface area contributed by atoms with Gasteiger partial charge in [0.1, 0.15) is 0 Å². The Hall–Kier alpha value is -0.300. The molecule has 0 aliphatic carbocycles. The van der Waals surface area contributed by atoms with Crippen molar-refractivity contribution in [1.82, 2.24) is 0 Å². The maximum atomic E-state index is 4.72. The second-order valence-corrected chi connectivity index (χ2v) is 8.49. The molecule has 0 heterocycles. The van der Waals surface area contributed by atoms with Gasteiger partial charge in [-0.1, -0.05) is 95.3 Å². The molecule has 0 saturated carbocycles. The molecule has 0 radical (unpaired) electrons. The Morgan fingerprint density at radius 2 is 0.708 bits per heavy atom. The van der Waals surface area contributed by atoms with E-state index in [9.17, 15) is 0 Å². The Morgan fingerprint density at radius 3 is 0.917 bits per heavy atom. The molecule has 0 amide bonds. The maximum Gasteiger partial charge on any atom is 1.00 e. The van der Waals surface area contributed by atoms with Crippen molar-refractivity contribution in [3.8, 4) is 0 Å². The molecule has 0 spiro atoms. The van der Waals surface area contributed by atoms with Gasteiger partial charge in [-0.15, -0.1) is 0 Å². The zero-order valence-electron chi connectivity index (χ0n) is 12.5. The molecule has 0 bridgehead atoms. The van der Waals surface area contributed by atoms with Gasteiger partial charge in [0.25, 0.3) is 0 Å². The first-order valence-corrected chi connectivity index (χ1v) is 9.45. The molecule has 128 valence electrons. The van der Waals surface area contributed by atoms with Crippen LogP contribution in [0, 0.1) is 4.30 Å². The molecule has 24 heavy (non-hydrogen) atoms. The third-order valence-electron chi connectivity index (χ3n) is 3.04. The largest absolute Gasteiger partial charge is 1.00 e. The summed E-state index contributed by atoms with van der Waals surface area (Å²) in [5.74, 6) is 0. The summed E-state index contributed by atoms with van der Waals surface area (Å²) in [6.07, 6.45) is 0.